The van der Waals surface area contributed by atoms with Gasteiger partial charge in [0.05, 0.1) is 26.9 Å². The third-order valence-electron chi connectivity index (χ3n) is 4.42. The van der Waals surface area contributed by atoms with Crippen LogP contribution in [0.2, 0.25) is 0 Å². The number of nitrogens with one attached hydrogen (secondary N) is 1. The molecule has 2 aromatic rings. The summed E-state index contributed by atoms with van der Waals surface area (Å²) in [5, 5.41) is 3.28. The minimum Gasteiger partial charge on any atom is -0.493 e. The van der Waals surface area contributed by atoms with Crippen LogP contribution in [0.15, 0.2) is 48.5 Å². The van der Waals surface area contributed by atoms with Gasteiger partial charge in [0.1, 0.15) is 11.9 Å². The van der Waals surface area contributed by atoms with E-state index in [1.54, 1.807) is 44.6 Å². The molecule has 0 bridgehead atoms. The number of ketones is 1. The molecule has 0 aliphatic carbocycles. The van der Waals surface area contributed by atoms with E-state index in [9.17, 15) is 9.18 Å². The summed E-state index contributed by atoms with van der Waals surface area (Å²) in [7, 11) is 3.13. The van der Waals surface area contributed by atoms with Crippen molar-refractivity contribution in [2.45, 2.75) is 12.1 Å². The first-order valence-corrected chi connectivity index (χ1v) is 8.67. The molecule has 5 nitrogen and oxygen atoms in total. The van der Waals surface area contributed by atoms with Crippen molar-refractivity contribution in [2.75, 3.05) is 27.4 Å². The summed E-state index contributed by atoms with van der Waals surface area (Å²) in [5.74, 6) is 0.738. The van der Waals surface area contributed by atoms with E-state index in [0.717, 1.165) is 11.1 Å². The fourth-order valence-corrected chi connectivity index (χ4v) is 3.04. The van der Waals surface area contributed by atoms with Gasteiger partial charge in [0, 0.05) is 6.54 Å². The van der Waals surface area contributed by atoms with E-state index in [-0.39, 0.29) is 17.6 Å². The minimum atomic E-state index is -0.666. The third kappa shape index (κ3) is 4.53. The first-order chi connectivity index (χ1) is 13.1. The minimum absolute atomic E-state index is 0.161. The maximum Gasteiger partial charge on any atom is 0.186 e. The van der Waals surface area contributed by atoms with Crippen molar-refractivity contribution in [2.24, 2.45) is 0 Å². The second kappa shape index (κ2) is 8.79. The predicted octanol–water partition coefficient (Wildman–Crippen LogP) is 3.15. The van der Waals surface area contributed by atoms with E-state index < -0.39 is 6.10 Å². The molecule has 2 aromatic carbocycles. The number of carbonyl (C=O) groups excluding carboxylic acids is 1. The number of benzene rings is 2. The van der Waals surface area contributed by atoms with Crippen LogP contribution in [0.5, 0.6) is 11.5 Å². The topological polar surface area (TPSA) is 56.8 Å². The third-order valence-corrected chi connectivity index (χ3v) is 4.42. The van der Waals surface area contributed by atoms with Gasteiger partial charge in [-0.2, -0.15) is 0 Å². The number of hydrogen-bond donors (Lipinski definition) is 1. The molecule has 0 spiro atoms. The Balaban J connectivity index is 1.77. The van der Waals surface area contributed by atoms with Crippen LogP contribution in [0.3, 0.4) is 0 Å². The van der Waals surface area contributed by atoms with Gasteiger partial charge in [-0.1, -0.05) is 24.3 Å². The average Bonchev–Trinajstić information content (AvgIpc) is 2.72. The summed E-state index contributed by atoms with van der Waals surface area (Å²) in [4.78, 5) is 12.7. The summed E-state index contributed by atoms with van der Waals surface area (Å²) >= 11 is 0. The van der Waals surface area contributed by atoms with Gasteiger partial charge in [0.2, 0.25) is 0 Å². The molecule has 1 N–H and O–H groups in total. The van der Waals surface area contributed by atoms with Gasteiger partial charge in [-0.3, -0.25) is 4.79 Å². The Morgan fingerprint density at radius 1 is 1.15 bits per heavy atom. The zero-order chi connectivity index (χ0) is 19.2. The zero-order valence-electron chi connectivity index (χ0n) is 15.3. The van der Waals surface area contributed by atoms with Crippen molar-refractivity contribution >= 4 is 11.9 Å². The number of methoxy groups -OCH3 is 2. The average molecular weight is 371 g/mol. The normalized spacial score (nSPS) is 19.8. The largest absolute Gasteiger partial charge is 0.493 e. The molecule has 142 valence electrons. The molecule has 1 fully saturated rings. The highest BCUT2D eigenvalue weighted by Gasteiger charge is 2.31. The summed E-state index contributed by atoms with van der Waals surface area (Å²) < 4.78 is 29.4. The predicted molar refractivity (Wildman–Crippen MR) is 100 cm³/mol. The van der Waals surface area contributed by atoms with E-state index in [4.69, 9.17) is 14.2 Å². The molecule has 0 amide bonds. The molecule has 27 heavy (non-hydrogen) atoms. The van der Waals surface area contributed by atoms with Gasteiger partial charge in [-0.15, -0.1) is 0 Å². The van der Waals surface area contributed by atoms with Crippen LogP contribution in [-0.2, 0) is 9.53 Å². The molecule has 6 heteroatoms. The standard InChI is InChI=1S/C21H22FNO4/c1-25-18-10-4-14(13-19(18)26-2)3-9-17(24)21-20(23-11-12-27-21)15-5-7-16(22)8-6-15/h3-10,13,20-21,23H,11-12H2,1-2H3. The molecule has 2 unspecified atom stereocenters. The van der Waals surface area contributed by atoms with Crippen LogP contribution >= 0.6 is 0 Å². The summed E-state index contributed by atoms with van der Waals surface area (Å²) in [6.07, 6.45) is 2.54. The summed E-state index contributed by atoms with van der Waals surface area (Å²) in [5.41, 5.74) is 1.62. The second-order valence-electron chi connectivity index (χ2n) is 6.12. The molecule has 1 heterocycles. The first-order valence-electron chi connectivity index (χ1n) is 8.67. The molecule has 0 aromatic heterocycles. The number of morpholine rings is 1. The maximum absolute atomic E-state index is 13.2. The Labute approximate surface area is 157 Å². The molecule has 1 aliphatic rings. The van der Waals surface area contributed by atoms with Gasteiger partial charge < -0.3 is 19.5 Å². The lowest BCUT2D eigenvalue weighted by Crippen LogP contribution is -2.45. The number of hydrogen-bond acceptors (Lipinski definition) is 5. The molecule has 1 aliphatic heterocycles. The second-order valence-corrected chi connectivity index (χ2v) is 6.12. The van der Waals surface area contributed by atoms with Crippen LogP contribution in [-0.4, -0.2) is 39.3 Å². The van der Waals surface area contributed by atoms with Crippen molar-refractivity contribution < 1.29 is 23.4 Å². The Kier molecular flexibility index (Phi) is 6.21. The highest BCUT2D eigenvalue weighted by molar-refractivity contribution is 5.97. The quantitative estimate of drug-likeness (QED) is 0.791. The molecule has 1 saturated heterocycles. The SMILES string of the molecule is COc1ccc(C=CC(=O)C2OCCNC2c2ccc(F)cc2)cc1OC. The van der Waals surface area contributed by atoms with Gasteiger partial charge in [-0.05, 0) is 41.5 Å². The summed E-state index contributed by atoms with van der Waals surface area (Å²) in [6, 6.07) is 11.2. The molecule has 0 radical (unpaired) electrons. The van der Waals surface area contributed by atoms with Crippen molar-refractivity contribution in [1.82, 2.24) is 5.32 Å². The van der Waals surface area contributed by atoms with Crippen LogP contribution in [0, 0.1) is 5.82 Å². The fraction of sp³-hybridized carbons (Fsp3) is 0.286. The van der Waals surface area contributed by atoms with Crippen molar-refractivity contribution in [3.05, 3.63) is 65.5 Å². The Morgan fingerprint density at radius 3 is 2.59 bits per heavy atom. The Morgan fingerprint density at radius 2 is 1.89 bits per heavy atom. The summed E-state index contributed by atoms with van der Waals surface area (Å²) in [6.45, 7) is 1.07. The molecular formula is C21H22FNO4. The number of carbonyl (C=O) groups is 1. The lowest BCUT2D eigenvalue weighted by atomic mass is 9.96. The number of ether oxygens (including phenoxy) is 3. The van der Waals surface area contributed by atoms with Crippen LogP contribution in [0.1, 0.15) is 17.2 Å². The van der Waals surface area contributed by atoms with Gasteiger partial charge in [0.25, 0.3) is 0 Å². The maximum atomic E-state index is 13.2. The highest BCUT2D eigenvalue weighted by atomic mass is 19.1. The van der Waals surface area contributed by atoms with E-state index >= 15 is 0 Å². The molecule has 3 rings (SSSR count). The van der Waals surface area contributed by atoms with Crippen LogP contribution < -0.4 is 14.8 Å². The smallest absolute Gasteiger partial charge is 0.186 e. The van der Waals surface area contributed by atoms with Crippen LogP contribution in [0.25, 0.3) is 6.08 Å². The van der Waals surface area contributed by atoms with E-state index in [2.05, 4.69) is 5.32 Å². The van der Waals surface area contributed by atoms with Crippen molar-refractivity contribution in [3.63, 3.8) is 0 Å². The van der Waals surface area contributed by atoms with E-state index in [1.807, 2.05) is 6.07 Å². The van der Waals surface area contributed by atoms with Crippen molar-refractivity contribution in [3.8, 4) is 11.5 Å². The monoisotopic (exact) mass is 371 g/mol. The van der Waals surface area contributed by atoms with Crippen LogP contribution in [0.4, 0.5) is 4.39 Å². The van der Waals surface area contributed by atoms with Gasteiger partial charge >= 0.3 is 0 Å². The number of rotatable bonds is 6. The van der Waals surface area contributed by atoms with Gasteiger partial charge in [0.15, 0.2) is 17.3 Å². The number of halogens is 1. The molecule has 2 atom stereocenters. The lowest BCUT2D eigenvalue weighted by molar-refractivity contribution is -0.130. The first kappa shape index (κ1) is 19.1. The van der Waals surface area contributed by atoms with E-state index in [0.29, 0.717) is 24.7 Å². The van der Waals surface area contributed by atoms with E-state index in [1.165, 1.54) is 18.2 Å². The zero-order valence-corrected chi connectivity index (χ0v) is 15.3. The fourth-order valence-electron chi connectivity index (χ4n) is 3.04. The Hall–Kier alpha value is -2.70. The molecular weight excluding hydrogens is 349 g/mol. The van der Waals surface area contributed by atoms with Gasteiger partial charge in [-0.25, -0.2) is 4.39 Å². The van der Waals surface area contributed by atoms with Crippen molar-refractivity contribution in [1.29, 1.82) is 0 Å². The highest BCUT2D eigenvalue weighted by Crippen LogP contribution is 2.28. The Bertz CT molecular complexity index is 819. The lowest BCUT2D eigenvalue weighted by Gasteiger charge is -2.31. The molecule has 0 saturated carbocycles.